The van der Waals surface area contributed by atoms with Crippen LogP contribution in [0.3, 0.4) is 0 Å². The number of aliphatic carboxylic acids is 1. The van der Waals surface area contributed by atoms with Crippen LogP contribution in [-0.4, -0.2) is 16.9 Å². The Balaban J connectivity index is 2.13. The molecule has 0 aliphatic carbocycles. The van der Waals surface area contributed by atoms with Gasteiger partial charge >= 0.3 is 5.97 Å². The topological polar surface area (TPSA) is 87.4 Å². The van der Waals surface area contributed by atoms with E-state index in [1.165, 1.54) is 0 Å². The minimum absolute atomic E-state index is 0.0353. The van der Waals surface area contributed by atoms with Crippen LogP contribution in [0.1, 0.15) is 5.56 Å². The van der Waals surface area contributed by atoms with Crippen LogP contribution in [0.15, 0.2) is 54.6 Å². The lowest BCUT2D eigenvalue weighted by Crippen LogP contribution is -2.23. The van der Waals surface area contributed by atoms with Crippen LogP contribution < -0.4 is 4.74 Å². The summed E-state index contributed by atoms with van der Waals surface area (Å²) in [6.07, 6.45) is 0.0353. The maximum atomic E-state index is 11.4. The number of benzene rings is 2. The van der Waals surface area contributed by atoms with Crippen LogP contribution in [0.2, 0.25) is 0 Å². The van der Waals surface area contributed by atoms with Gasteiger partial charge in [0, 0.05) is 0 Å². The Bertz CT molecular complexity index is 719. The number of nitriles is 1. The lowest BCUT2D eigenvalue weighted by Gasteiger charge is -2.09. The number of para-hydroxylation sites is 1. The van der Waals surface area contributed by atoms with Crippen molar-refractivity contribution in [1.82, 2.24) is 0 Å². The summed E-state index contributed by atoms with van der Waals surface area (Å²) in [5.41, 5.74) is 0.662. The van der Waals surface area contributed by atoms with E-state index in [0.717, 1.165) is 0 Å². The number of carboxylic acid groups (broad SMARTS) is 1. The summed E-state index contributed by atoms with van der Waals surface area (Å²) < 4.78 is 5.66. The number of ketones is 1. The Kier molecular flexibility index (Phi) is 4.89. The Morgan fingerprint density at radius 1 is 1.09 bits per heavy atom. The van der Waals surface area contributed by atoms with Gasteiger partial charge in [0.05, 0.1) is 6.07 Å². The molecule has 2 aromatic rings. The molecule has 110 valence electrons. The van der Waals surface area contributed by atoms with E-state index in [4.69, 9.17) is 15.1 Å². The minimum atomic E-state index is -1.59. The third-order valence-corrected chi connectivity index (χ3v) is 3.00. The average Bonchev–Trinajstić information content (AvgIpc) is 2.53. The monoisotopic (exact) mass is 295 g/mol. The van der Waals surface area contributed by atoms with Crippen molar-refractivity contribution >= 4 is 11.8 Å². The van der Waals surface area contributed by atoms with Crippen molar-refractivity contribution in [1.29, 1.82) is 5.26 Å². The first kappa shape index (κ1) is 15.3. The van der Waals surface area contributed by atoms with Crippen molar-refractivity contribution in [2.24, 2.45) is 5.92 Å². The molecule has 5 heteroatoms. The molecule has 1 N–H and O–H groups in total. The van der Waals surface area contributed by atoms with Crippen LogP contribution in [0, 0.1) is 17.2 Å². The van der Waals surface area contributed by atoms with Crippen LogP contribution in [-0.2, 0) is 16.0 Å². The van der Waals surface area contributed by atoms with Crippen molar-refractivity contribution < 1.29 is 19.4 Å². The molecule has 22 heavy (non-hydrogen) atoms. The molecule has 2 rings (SSSR count). The van der Waals surface area contributed by atoms with E-state index in [0.29, 0.717) is 17.1 Å². The molecule has 5 nitrogen and oxygen atoms in total. The summed E-state index contributed by atoms with van der Waals surface area (Å²) in [6.45, 7) is 0. The maximum absolute atomic E-state index is 11.4. The lowest BCUT2D eigenvalue weighted by molar-refractivity contribution is -0.150. The Hall–Kier alpha value is -3.13. The lowest BCUT2D eigenvalue weighted by atomic mass is 9.96. The standard InChI is InChI=1S/C17H13NO4/c18-11-13(16(19)17(20)21)9-12-5-4-8-15(10-12)22-14-6-2-1-3-7-14/h1-8,10,13H,9H2,(H,20,21). The van der Waals surface area contributed by atoms with Gasteiger partial charge in [-0.1, -0.05) is 30.3 Å². The molecular formula is C17H13NO4. The largest absolute Gasteiger partial charge is 0.475 e. The van der Waals surface area contributed by atoms with Gasteiger partial charge in [0.25, 0.3) is 5.78 Å². The summed E-state index contributed by atoms with van der Waals surface area (Å²) in [5.74, 6) is -2.68. The molecule has 0 bridgehead atoms. The highest BCUT2D eigenvalue weighted by molar-refractivity contribution is 6.34. The molecule has 0 radical (unpaired) electrons. The van der Waals surface area contributed by atoms with Gasteiger partial charge in [-0.3, -0.25) is 4.79 Å². The van der Waals surface area contributed by atoms with Gasteiger partial charge in [0.1, 0.15) is 17.4 Å². The minimum Gasteiger partial charge on any atom is -0.475 e. The van der Waals surface area contributed by atoms with Crippen molar-refractivity contribution in [2.45, 2.75) is 6.42 Å². The summed E-state index contributed by atoms with van der Waals surface area (Å²) in [7, 11) is 0. The Morgan fingerprint density at radius 2 is 1.77 bits per heavy atom. The van der Waals surface area contributed by atoms with Gasteiger partial charge in [0.15, 0.2) is 0 Å². The molecular weight excluding hydrogens is 282 g/mol. The van der Waals surface area contributed by atoms with E-state index in [1.54, 1.807) is 42.5 Å². The molecule has 1 unspecified atom stereocenters. The SMILES string of the molecule is N#CC(Cc1cccc(Oc2ccccc2)c1)C(=O)C(=O)O. The Labute approximate surface area is 127 Å². The fourth-order valence-corrected chi connectivity index (χ4v) is 1.94. The van der Waals surface area contributed by atoms with E-state index < -0.39 is 17.7 Å². The number of Topliss-reactive ketones (excluding diaryl/α,β-unsaturated/α-hetero) is 1. The number of rotatable bonds is 6. The van der Waals surface area contributed by atoms with Crippen LogP contribution in [0.5, 0.6) is 11.5 Å². The fourth-order valence-electron chi connectivity index (χ4n) is 1.94. The molecule has 0 saturated heterocycles. The normalized spacial score (nSPS) is 11.2. The summed E-state index contributed by atoms with van der Waals surface area (Å²) in [5, 5.41) is 17.6. The first-order valence-electron chi connectivity index (χ1n) is 6.58. The highest BCUT2D eigenvalue weighted by Crippen LogP contribution is 2.23. The number of carbonyl (C=O) groups is 2. The molecule has 0 saturated carbocycles. The molecule has 0 amide bonds. The van der Waals surface area contributed by atoms with E-state index in [2.05, 4.69) is 0 Å². The molecule has 1 atom stereocenters. The average molecular weight is 295 g/mol. The molecule has 0 aromatic heterocycles. The first-order valence-corrected chi connectivity index (χ1v) is 6.58. The number of carbonyl (C=O) groups excluding carboxylic acids is 1. The number of hydrogen-bond acceptors (Lipinski definition) is 4. The third kappa shape index (κ3) is 3.93. The molecule has 2 aromatic carbocycles. The number of ether oxygens (including phenoxy) is 1. The van der Waals surface area contributed by atoms with Crippen molar-refractivity contribution in [3.63, 3.8) is 0 Å². The zero-order chi connectivity index (χ0) is 15.9. The van der Waals surface area contributed by atoms with Gasteiger partial charge < -0.3 is 9.84 Å². The second kappa shape index (κ2) is 7.04. The van der Waals surface area contributed by atoms with Crippen molar-refractivity contribution in [3.8, 4) is 17.6 Å². The van der Waals surface area contributed by atoms with Gasteiger partial charge in [-0.25, -0.2) is 4.79 Å². The van der Waals surface area contributed by atoms with Crippen LogP contribution in [0.25, 0.3) is 0 Å². The van der Waals surface area contributed by atoms with Gasteiger partial charge in [0.2, 0.25) is 0 Å². The quantitative estimate of drug-likeness (QED) is 0.828. The third-order valence-electron chi connectivity index (χ3n) is 3.00. The molecule has 0 spiro atoms. The number of nitrogens with zero attached hydrogens (tertiary/aromatic N) is 1. The second-order valence-electron chi connectivity index (χ2n) is 4.62. The summed E-state index contributed by atoms with van der Waals surface area (Å²) >= 11 is 0. The summed E-state index contributed by atoms with van der Waals surface area (Å²) in [4.78, 5) is 22.1. The second-order valence-corrected chi connectivity index (χ2v) is 4.62. The molecule has 0 heterocycles. The summed E-state index contributed by atoms with van der Waals surface area (Å²) in [6, 6.07) is 17.8. The predicted molar refractivity (Wildman–Crippen MR) is 78.4 cm³/mol. The molecule has 0 fully saturated rings. The first-order chi connectivity index (χ1) is 10.6. The smallest absolute Gasteiger partial charge is 0.373 e. The predicted octanol–water partition coefficient (Wildman–Crippen LogP) is 2.81. The van der Waals surface area contributed by atoms with Gasteiger partial charge in [-0.2, -0.15) is 5.26 Å². The van der Waals surface area contributed by atoms with Gasteiger partial charge in [-0.15, -0.1) is 0 Å². The van der Waals surface area contributed by atoms with E-state index in [1.807, 2.05) is 18.2 Å². The molecule has 0 aliphatic heterocycles. The van der Waals surface area contributed by atoms with E-state index in [-0.39, 0.29) is 6.42 Å². The maximum Gasteiger partial charge on any atom is 0.373 e. The molecule has 0 aliphatic rings. The highest BCUT2D eigenvalue weighted by atomic mass is 16.5. The van der Waals surface area contributed by atoms with Crippen molar-refractivity contribution in [2.75, 3.05) is 0 Å². The fraction of sp³-hybridized carbons (Fsp3) is 0.118. The number of hydrogen-bond donors (Lipinski definition) is 1. The van der Waals surface area contributed by atoms with Crippen LogP contribution >= 0.6 is 0 Å². The Morgan fingerprint density at radius 3 is 2.41 bits per heavy atom. The van der Waals surface area contributed by atoms with Crippen LogP contribution in [0.4, 0.5) is 0 Å². The number of carboxylic acids is 1. The van der Waals surface area contributed by atoms with E-state index in [9.17, 15) is 9.59 Å². The zero-order valence-electron chi connectivity index (χ0n) is 11.6. The van der Waals surface area contributed by atoms with Gasteiger partial charge in [-0.05, 0) is 36.2 Å². The van der Waals surface area contributed by atoms with E-state index >= 15 is 0 Å². The van der Waals surface area contributed by atoms with Crippen molar-refractivity contribution in [3.05, 3.63) is 60.2 Å². The zero-order valence-corrected chi connectivity index (χ0v) is 11.6. The highest BCUT2D eigenvalue weighted by Gasteiger charge is 2.24.